The number of carbonyl (C=O) groups is 3. The molecule has 0 radical (unpaired) electrons. The van der Waals surface area contributed by atoms with Crippen LogP contribution in [0.15, 0.2) is 18.3 Å². The maximum atomic E-state index is 11.8. The second-order valence-corrected chi connectivity index (χ2v) is 4.71. The molecule has 1 N–H and O–H groups in total. The number of carbonyl (C=O) groups excluding carboxylic acids is 3. The summed E-state index contributed by atoms with van der Waals surface area (Å²) in [6.45, 7) is 4.85. The van der Waals surface area contributed by atoms with E-state index in [2.05, 4.69) is 10.3 Å². The minimum Gasteiger partial charge on any atom is -0.461 e. The number of hydrogen-bond donors (Lipinski definition) is 1. The van der Waals surface area contributed by atoms with Gasteiger partial charge in [0.1, 0.15) is 13.2 Å². The van der Waals surface area contributed by atoms with Crippen LogP contribution in [-0.4, -0.2) is 35.5 Å². The van der Waals surface area contributed by atoms with E-state index in [1.165, 1.54) is 13.1 Å². The third-order valence-electron chi connectivity index (χ3n) is 2.81. The first-order valence-electron chi connectivity index (χ1n) is 6.98. The summed E-state index contributed by atoms with van der Waals surface area (Å²) in [6, 6.07) is 3.12. The Kier molecular flexibility index (Phi) is 7.01. The van der Waals surface area contributed by atoms with E-state index in [4.69, 9.17) is 9.47 Å². The normalized spacial score (nSPS) is 11.4. The summed E-state index contributed by atoms with van der Waals surface area (Å²) in [4.78, 5) is 38.0. The molecular formula is C15H20N2O5. The van der Waals surface area contributed by atoms with Gasteiger partial charge in [-0.2, -0.15) is 0 Å². The Morgan fingerprint density at radius 1 is 1.32 bits per heavy atom. The van der Waals surface area contributed by atoms with Crippen molar-refractivity contribution < 1.29 is 23.9 Å². The van der Waals surface area contributed by atoms with Crippen LogP contribution >= 0.6 is 0 Å². The largest absolute Gasteiger partial charge is 0.461 e. The quantitative estimate of drug-likeness (QED) is 0.761. The highest BCUT2D eigenvalue weighted by atomic mass is 16.5. The molecule has 0 bridgehead atoms. The van der Waals surface area contributed by atoms with Crippen molar-refractivity contribution in [1.29, 1.82) is 0 Å². The zero-order valence-corrected chi connectivity index (χ0v) is 12.9. The summed E-state index contributed by atoms with van der Waals surface area (Å²) >= 11 is 0. The van der Waals surface area contributed by atoms with Crippen LogP contribution in [0.25, 0.3) is 0 Å². The summed E-state index contributed by atoms with van der Waals surface area (Å²) in [6.07, 6.45) is 1.90. The lowest BCUT2D eigenvalue weighted by Crippen LogP contribution is -2.32. The van der Waals surface area contributed by atoms with Crippen molar-refractivity contribution in [2.45, 2.75) is 39.9 Å². The van der Waals surface area contributed by atoms with Gasteiger partial charge in [-0.3, -0.25) is 19.4 Å². The molecule has 0 aliphatic carbocycles. The van der Waals surface area contributed by atoms with Crippen LogP contribution in [0.3, 0.4) is 0 Å². The van der Waals surface area contributed by atoms with Crippen LogP contribution < -0.4 is 5.32 Å². The van der Waals surface area contributed by atoms with E-state index in [1.54, 1.807) is 19.1 Å². The van der Waals surface area contributed by atoms with Gasteiger partial charge >= 0.3 is 11.9 Å². The van der Waals surface area contributed by atoms with Gasteiger partial charge < -0.3 is 14.8 Å². The van der Waals surface area contributed by atoms with Crippen LogP contribution in [0.1, 0.15) is 43.2 Å². The van der Waals surface area contributed by atoms with Crippen molar-refractivity contribution in [2.75, 3.05) is 6.54 Å². The third-order valence-corrected chi connectivity index (χ3v) is 2.81. The highest BCUT2D eigenvalue weighted by molar-refractivity contribution is 5.95. The summed E-state index contributed by atoms with van der Waals surface area (Å²) in [7, 11) is 0. The zero-order chi connectivity index (χ0) is 16.5. The van der Waals surface area contributed by atoms with Crippen molar-refractivity contribution in [2.24, 2.45) is 0 Å². The first-order valence-corrected chi connectivity index (χ1v) is 6.98. The standard InChI is InChI=1S/C15H20N2O5/c1-4-10(2)22-14(19)8-17-15(20)12-5-6-13(16-7-12)9-21-11(3)18/h5-7,10H,4,8-9H2,1-3H3,(H,17,20)/t10-/m0/s1. The molecule has 1 amide bonds. The lowest BCUT2D eigenvalue weighted by molar-refractivity contribution is -0.147. The van der Waals surface area contributed by atoms with Gasteiger partial charge in [0.05, 0.1) is 17.4 Å². The minimum absolute atomic E-state index is 0.0540. The number of amides is 1. The van der Waals surface area contributed by atoms with Gasteiger partial charge in [0.25, 0.3) is 5.91 Å². The summed E-state index contributed by atoms with van der Waals surface area (Å²) in [5.74, 6) is -1.31. The molecule has 0 fully saturated rings. The Labute approximate surface area is 129 Å². The Morgan fingerprint density at radius 2 is 2.05 bits per heavy atom. The Hall–Kier alpha value is -2.44. The number of nitrogens with zero attached hydrogens (tertiary/aromatic N) is 1. The lowest BCUT2D eigenvalue weighted by atomic mass is 10.2. The molecule has 7 nitrogen and oxygen atoms in total. The van der Waals surface area contributed by atoms with Gasteiger partial charge in [0.15, 0.2) is 0 Å². The number of rotatable bonds is 7. The molecule has 7 heteroatoms. The van der Waals surface area contributed by atoms with E-state index in [9.17, 15) is 14.4 Å². The van der Waals surface area contributed by atoms with E-state index < -0.39 is 17.8 Å². The van der Waals surface area contributed by atoms with Gasteiger partial charge in [0, 0.05) is 13.1 Å². The average Bonchev–Trinajstić information content (AvgIpc) is 2.50. The van der Waals surface area contributed by atoms with Crippen molar-refractivity contribution in [3.63, 3.8) is 0 Å². The molecule has 0 aromatic carbocycles. The van der Waals surface area contributed by atoms with E-state index >= 15 is 0 Å². The lowest BCUT2D eigenvalue weighted by Gasteiger charge is -2.11. The van der Waals surface area contributed by atoms with Crippen LogP contribution in [0, 0.1) is 0 Å². The van der Waals surface area contributed by atoms with Crippen molar-refractivity contribution in [3.05, 3.63) is 29.6 Å². The number of nitrogens with one attached hydrogen (secondary N) is 1. The molecule has 120 valence electrons. The van der Waals surface area contributed by atoms with Gasteiger partial charge in [-0.05, 0) is 25.5 Å². The fraction of sp³-hybridized carbons (Fsp3) is 0.467. The summed E-state index contributed by atoms with van der Waals surface area (Å²) in [5, 5.41) is 2.46. The second kappa shape index (κ2) is 8.76. The van der Waals surface area contributed by atoms with Gasteiger partial charge in [-0.15, -0.1) is 0 Å². The molecule has 0 spiro atoms. The van der Waals surface area contributed by atoms with Crippen LogP contribution in [0.4, 0.5) is 0 Å². The molecule has 0 saturated heterocycles. The predicted octanol–water partition coefficient (Wildman–Crippen LogP) is 1.22. The number of esters is 2. The number of hydrogen-bond acceptors (Lipinski definition) is 6. The Balaban J connectivity index is 2.45. The highest BCUT2D eigenvalue weighted by Gasteiger charge is 2.11. The molecule has 1 atom stereocenters. The van der Waals surface area contributed by atoms with Gasteiger partial charge in [0.2, 0.25) is 0 Å². The molecule has 1 aromatic heterocycles. The maximum absolute atomic E-state index is 11.8. The van der Waals surface area contributed by atoms with E-state index in [0.29, 0.717) is 17.7 Å². The first kappa shape index (κ1) is 17.6. The fourth-order valence-corrected chi connectivity index (χ4v) is 1.42. The smallest absolute Gasteiger partial charge is 0.325 e. The summed E-state index contributed by atoms with van der Waals surface area (Å²) in [5.41, 5.74) is 0.839. The molecular weight excluding hydrogens is 288 g/mol. The topological polar surface area (TPSA) is 94.6 Å². The number of aromatic nitrogens is 1. The zero-order valence-electron chi connectivity index (χ0n) is 12.9. The Bertz CT molecular complexity index is 527. The molecule has 1 heterocycles. The Morgan fingerprint density at radius 3 is 2.59 bits per heavy atom. The van der Waals surface area contributed by atoms with Crippen LogP contribution in [0.2, 0.25) is 0 Å². The predicted molar refractivity (Wildman–Crippen MR) is 77.9 cm³/mol. The van der Waals surface area contributed by atoms with Crippen LogP contribution in [0.5, 0.6) is 0 Å². The first-order chi connectivity index (χ1) is 10.4. The molecule has 0 saturated carbocycles. The molecule has 0 aliphatic rings. The van der Waals surface area contributed by atoms with E-state index in [-0.39, 0.29) is 19.3 Å². The highest BCUT2D eigenvalue weighted by Crippen LogP contribution is 2.02. The number of ether oxygens (including phenoxy) is 2. The molecule has 0 aliphatic heterocycles. The SMILES string of the molecule is CC[C@H](C)OC(=O)CNC(=O)c1ccc(COC(C)=O)nc1. The molecule has 1 aromatic rings. The van der Waals surface area contributed by atoms with Crippen molar-refractivity contribution in [1.82, 2.24) is 10.3 Å². The fourth-order valence-electron chi connectivity index (χ4n) is 1.42. The van der Waals surface area contributed by atoms with Crippen molar-refractivity contribution in [3.8, 4) is 0 Å². The average molecular weight is 308 g/mol. The monoisotopic (exact) mass is 308 g/mol. The van der Waals surface area contributed by atoms with E-state index in [0.717, 1.165) is 0 Å². The third kappa shape index (κ3) is 6.34. The number of pyridine rings is 1. The van der Waals surface area contributed by atoms with Crippen LogP contribution in [-0.2, 0) is 25.7 Å². The molecule has 1 rings (SSSR count). The van der Waals surface area contributed by atoms with E-state index in [1.807, 2.05) is 6.92 Å². The van der Waals surface area contributed by atoms with Gasteiger partial charge in [-0.25, -0.2) is 0 Å². The molecule has 0 unspecified atom stereocenters. The molecule has 22 heavy (non-hydrogen) atoms. The van der Waals surface area contributed by atoms with Gasteiger partial charge in [-0.1, -0.05) is 6.92 Å². The minimum atomic E-state index is -0.484. The second-order valence-electron chi connectivity index (χ2n) is 4.71. The summed E-state index contributed by atoms with van der Waals surface area (Å²) < 4.78 is 9.83. The van der Waals surface area contributed by atoms with Crippen molar-refractivity contribution >= 4 is 17.8 Å². The maximum Gasteiger partial charge on any atom is 0.325 e.